The Kier molecular flexibility index (Phi) is 14.4. The lowest BCUT2D eigenvalue weighted by Crippen LogP contribution is -2.19. The highest BCUT2D eigenvalue weighted by molar-refractivity contribution is 6.29. The van der Waals surface area contributed by atoms with Crippen molar-refractivity contribution in [3.05, 3.63) is 309 Å². The molecule has 0 heteroatoms. The van der Waals surface area contributed by atoms with Gasteiger partial charge in [0.15, 0.2) is 0 Å². The van der Waals surface area contributed by atoms with Crippen molar-refractivity contribution in [2.75, 3.05) is 0 Å². The molecule has 3 atom stereocenters. The number of benzene rings is 10. The fourth-order valence-electron chi connectivity index (χ4n) is 18.3. The van der Waals surface area contributed by atoms with Gasteiger partial charge in [0, 0.05) is 17.8 Å². The molecule has 7 aliphatic carbocycles. The zero-order valence-electron chi connectivity index (χ0n) is 59.7. The van der Waals surface area contributed by atoms with Crippen LogP contribution < -0.4 is 0 Å². The van der Waals surface area contributed by atoms with Gasteiger partial charge in [-0.05, 0) is 243 Å². The summed E-state index contributed by atoms with van der Waals surface area (Å²) in [5, 5.41) is 5.38. The van der Waals surface area contributed by atoms with E-state index in [4.69, 9.17) is 0 Å². The largest absolute Gasteiger partial charge is 0.0842 e. The number of allylic oxidation sites excluding steroid dienone is 17. The summed E-state index contributed by atoms with van der Waals surface area (Å²) in [4.78, 5) is 0. The number of fused-ring (bicyclic) bond motifs is 9. The zero-order valence-corrected chi connectivity index (χ0v) is 59.7. The maximum atomic E-state index is 2.67. The zero-order chi connectivity index (χ0) is 67.5. The molecule has 482 valence electrons. The van der Waals surface area contributed by atoms with Gasteiger partial charge in [0.2, 0.25) is 0 Å². The Bertz CT molecular complexity index is 5350. The lowest BCUT2D eigenvalue weighted by molar-refractivity contribution is 0.566. The van der Waals surface area contributed by atoms with Crippen LogP contribution in [0.2, 0.25) is 0 Å². The molecule has 98 heavy (non-hydrogen) atoms. The summed E-state index contributed by atoms with van der Waals surface area (Å²) in [5.41, 5.74) is 40.6. The predicted molar refractivity (Wildman–Crippen MR) is 424 cm³/mol. The first kappa shape index (κ1) is 61.9. The first-order valence-corrected chi connectivity index (χ1v) is 36.3. The Balaban J connectivity index is 1.10. The molecule has 0 spiro atoms. The third-order valence-corrected chi connectivity index (χ3v) is 23.0. The Morgan fingerprint density at radius 3 is 1.48 bits per heavy atom. The summed E-state index contributed by atoms with van der Waals surface area (Å²) in [6, 6.07) is 64.0. The van der Waals surface area contributed by atoms with E-state index in [0.717, 1.165) is 25.7 Å². The first-order valence-electron chi connectivity index (χ1n) is 36.3. The van der Waals surface area contributed by atoms with Crippen LogP contribution in [-0.4, -0.2) is 0 Å². The van der Waals surface area contributed by atoms with E-state index < -0.39 is 0 Å². The monoisotopic (exact) mass is 1270 g/mol. The van der Waals surface area contributed by atoms with Gasteiger partial charge in [0.1, 0.15) is 0 Å². The standard InChI is InChI=1S/C98H90/c1-58-79(56-66(97(8,9)10)57-80(58)98(11,12)13)92-91-78-52-51-77-87-76(89-84(69-43-28-26-41-67(69)59-33-18-14-19-34-59)73-47-32-48-74(73)85(90(77)89)70-44-29-27-42-68(70)60-35-20-15-21-36-60)50-49-75(86(78)87)88(91)83(63-53-64(95(2,3)4)55-65(54-63)96(5,6)7)93-81(61-37-22-16-23-38-61)71-45-30-31-46-72(71)82(94(92)93)62-39-24-17-25-40-62/h14-18,20-33,35-39,41-47,49-57,62,86-87H,19,34,40,48H2,1-13H3. The van der Waals surface area contributed by atoms with Crippen LogP contribution >= 0.6 is 0 Å². The molecular weight excluding hydrogens is 1180 g/mol. The highest BCUT2D eigenvalue weighted by Gasteiger charge is 2.52. The molecule has 10 aromatic carbocycles. The summed E-state index contributed by atoms with van der Waals surface area (Å²) in [7, 11) is 0. The van der Waals surface area contributed by atoms with E-state index in [1.807, 2.05) is 0 Å². The summed E-state index contributed by atoms with van der Waals surface area (Å²) >= 11 is 0. The smallest absolute Gasteiger partial charge is 0.0212 e. The van der Waals surface area contributed by atoms with E-state index in [0.29, 0.717) is 0 Å². The average molecular weight is 1270 g/mol. The van der Waals surface area contributed by atoms with Crippen LogP contribution in [0.1, 0.15) is 181 Å². The second-order valence-electron chi connectivity index (χ2n) is 33.2. The van der Waals surface area contributed by atoms with E-state index in [9.17, 15) is 0 Å². The van der Waals surface area contributed by atoms with Crippen molar-refractivity contribution in [1.82, 2.24) is 0 Å². The predicted octanol–water partition coefficient (Wildman–Crippen LogP) is 26.9. The summed E-state index contributed by atoms with van der Waals surface area (Å²) in [5.74, 6) is 0.165. The lowest BCUT2D eigenvalue weighted by Gasteiger charge is -2.33. The highest BCUT2D eigenvalue weighted by Crippen LogP contribution is 2.70. The van der Waals surface area contributed by atoms with Gasteiger partial charge in [-0.15, -0.1) is 0 Å². The quantitative estimate of drug-likeness (QED) is 0.133. The molecular formula is C98H90. The molecule has 0 saturated heterocycles. The van der Waals surface area contributed by atoms with E-state index in [1.165, 1.54) is 188 Å². The van der Waals surface area contributed by atoms with Crippen LogP contribution in [0.15, 0.2) is 237 Å². The van der Waals surface area contributed by atoms with Crippen molar-refractivity contribution in [3.8, 4) is 66.8 Å². The third-order valence-electron chi connectivity index (χ3n) is 23.0. The molecule has 0 nitrogen and oxygen atoms in total. The number of hydrogen-bond donors (Lipinski definition) is 0. The van der Waals surface area contributed by atoms with Crippen molar-refractivity contribution < 1.29 is 0 Å². The fraction of sp³-hybridized carbons (Fsp3) is 0.245. The minimum atomic E-state index is -0.142. The Morgan fingerprint density at radius 1 is 0.367 bits per heavy atom. The van der Waals surface area contributed by atoms with Gasteiger partial charge >= 0.3 is 0 Å². The average Bonchev–Trinajstić information content (AvgIpc) is 1.45. The highest BCUT2D eigenvalue weighted by atomic mass is 14.5. The third kappa shape index (κ3) is 9.65. The number of hydrogen-bond acceptors (Lipinski definition) is 0. The molecule has 10 aromatic rings. The molecule has 7 aliphatic rings. The van der Waals surface area contributed by atoms with Crippen molar-refractivity contribution in [1.29, 1.82) is 0 Å². The van der Waals surface area contributed by atoms with E-state index in [2.05, 4.69) is 333 Å². The van der Waals surface area contributed by atoms with Crippen LogP contribution in [0, 0.1) is 18.8 Å². The van der Waals surface area contributed by atoms with Crippen LogP contribution in [0.3, 0.4) is 0 Å². The summed E-state index contributed by atoms with van der Waals surface area (Å²) in [6.07, 6.45) is 36.0. The van der Waals surface area contributed by atoms with Crippen LogP contribution in [0.5, 0.6) is 0 Å². The minimum Gasteiger partial charge on any atom is -0.0842 e. The molecule has 0 aliphatic heterocycles. The van der Waals surface area contributed by atoms with Crippen molar-refractivity contribution in [3.63, 3.8) is 0 Å². The molecule has 3 unspecified atom stereocenters. The van der Waals surface area contributed by atoms with E-state index in [-0.39, 0.29) is 39.4 Å². The van der Waals surface area contributed by atoms with Gasteiger partial charge in [-0.2, -0.15) is 0 Å². The van der Waals surface area contributed by atoms with Gasteiger partial charge in [0.25, 0.3) is 0 Å². The molecule has 0 bridgehead atoms. The van der Waals surface area contributed by atoms with Crippen molar-refractivity contribution in [2.24, 2.45) is 11.8 Å². The normalized spacial score (nSPS) is 18.1. The van der Waals surface area contributed by atoms with E-state index >= 15 is 0 Å². The van der Waals surface area contributed by atoms with Crippen molar-refractivity contribution in [2.45, 2.75) is 143 Å². The second-order valence-corrected chi connectivity index (χ2v) is 33.2. The molecule has 0 N–H and O–H groups in total. The molecule has 0 heterocycles. The van der Waals surface area contributed by atoms with E-state index in [1.54, 1.807) is 0 Å². The van der Waals surface area contributed by atoms with Gasteiger partial charge in [0.05, 0.1) is 0 Å². The summed E-state index contributed by atoms with van der Waals surface area (Å²) < 4.78 is 0. The van der Waals surface area contributed by atoms with Crippen molar-refractivity contribution >= 4 is 55.5 Å². The molecule has 17 rings (SSSR count). The first-order chi connectivity index (χ1) is 47.1. The number of rotatable bonds is 8. The van der Waals surface area contributed by atoms with Gasteiger partial charge in [-0.3, -0.25) is 0 Å². The molecule has 0 radical (unpaired) electrons. The second kappa shape index (κ2) is 22.7. The van der Waals surface area contributed by atoms with Gasteiger partial charge < -0.3 is 0 Å². The lowest BCUT2D eigenvalue weighted by atomic mass is 9.71. The SMILES string of the molecule is Cc1c(-c2c3c(c(-c4cc(C(C)(C)C)cc(C(C)(C)C)c4)c4c(-c5ccccc5)c5ccccc5c(C5C=CC=CC5)c24)C2=CC=C4c5c(c(-c6ccccc6-c6ccccc6)c6c(c5-c5ccccc5C5=CC=CCC5)C=CC6)C5=CC=C3C2C45)cc(C(C)(C)C)cc1C(C)(C)C. The molecule has 0 fully saturated rings. The topological polar surface area (TPSA) is 0 Å². The molecule has 0 amide bonds. The minimum absolute atomic E-state index is 0.0141. The fourth-order valence-corrected chi connectivity index (χ4v) is 18.3. The molecule has 0 saturated carbocycles. The van der Waals surface area contributed by atoms with Crippen LogP contribution in [0.4, 0.5) is 0 Å². The van der Waals surface area contributed by atoms with Crippen LogP contribution in [0.25, 0.3) is 122 Å². The summed E-state index contributed by atoms with van der Waals surface area (Å²) in [6.45, 7) is 31.6. The van der Waals surface area contributed by atoms with Gasteiger partial charge in [-0.1, -0.05) is 326 Å². The Labute approximate surface area is 582 Å². The Morgan fingerprint density at radius 2 is 0.898 bits per heavy atom. The van der Waals surface area contributed by atoms with Crippen LogP contribution in [-0.2, 0) is 28.1 Å². The maximum Gasteiger partial charge on any atom is 0.0212 e. The van der Waals surface area contributed by atoms with Gasteiger partial charge in [-0.25, -0.2) is 0 Å². The Hall–Kier alpha value is -9.62. The maximum absolute atomic E-state index is 2.67. The molecule has 0 aromatic heterocycles.